The molecule has 0 heterocycles. The quantitative estimate of drug-likeness (QED) is 0.0262. The SMILES string of the molecule is CC/C=C\C/C=C\C/C=C\CCCCCCCCCC(=O)OCC(COC(=O)CCCCCCC/C=C\C/C=C\CCCCC)OC(=O)CCCCCCCCCCCCCCCCCCC. The van der Waals surface area contributed by atoms with Crippen molar-refractivity contribution in [3.05, 3.63) is 60.8 Å². The molecule has 0 aliphatic rings. The molecule has 1 unspecified atom stereocenters. The number of esters is 3. The van der Waals surface area contributed by atoms with Crippen molar-refractivity contribution in [2.24, 2.45) is 0 Å². The van der Waals surface area contributed by atoms with E-state index in [0.717, 1.165) is 103 Å². The minimum Gasteiger partial charge on any atom is -0.462 e. The summed E-state index contributed by atoms with van der Waals surface area (Å²) in [6, 6.07) is 0. The van der Waals surface area contributed by atoms with Crippen molar-refractivity contribution in [2.45, 2.75) is 297 Å². The summed E-state index contributed by atoms with van der Waals surface area (Å²) in [4.78, 5) is 38.2. The third-order valence-corrected chi connectivity index (χ3v) is 12.5. The number of allylic oxidation sites excluding steroid dienone is 10. The van der Waals surface area contributed by atoms with Crippen LogP contribution in [0.25, 0.3) is 0 Å². The van der Waals surface area contributed by atoms with Crippen molar-refractivity contribution >= 4 is 17.9 Å². The lowest BCUT2D eigenvalue weighted by atomic mass is 10.0. The van der Waals surface area contributed by atoms with Crippen LogP contribution in [0.1, 0.15) is 290 Å². The number of hydrogen-bond donors (Lipinski definition) is 0. The molecule has 6 heteroatoms. The predicted octanol–water partition coefficient (Wildman–Crippen LogP) is 19.2. The Bertz CT molecular complexity index is 1210. The molecule has 0 bridgehead atoms. The maximum absolute atomic E-state index is 12.9. The minimum atomic E-state index is -0.782. The normalized spacial score (nSPS) is 12.5. The van der Waals surface area contributed by atoms with Crippen LogP contribution in [-0.4, -0.2) is 37.2 Å². The molecule has 0 aromatic rings. The molecule has 0 fully saturated rings. The summed E-state index contributed by atoms with van der Waals surface area (Å²) in [5.74, 6) is -0.891. The molecule has 0 aliphatic heterocycles. The van der Waals surface area contributed by atoms with Crippen LogP contribution in [0.2, 0.25) is 0 Å². The summed E-state index contributed by atoms with van der Waals surface area (Å²) in [7, 11) is 0. The number of unbranched alkanes of at least 4 members (excludes halogenated alkanes) is 31. The zero-order valence-corrected chi connectivity index (χ0v) is 44.4. The van der Waals surface area contributed by atoms with Gasteiger partial charge in [0.1, 0.15) is 13.2 Å². The van der Waals surface area contributed by atoms with Crippen LogP contribution in [0.3, 0.4) is 0 Å². The van der Waals surface area contributed by atoms with E-state index in [0.29, 0.717) is 19.3 Å². The molecule has 6 nitrogen and oxygen atoms in total. The van der Waals surface area contributed by atoms with Gasteiger partial charge in [-0.3, -0.25) is 14.4 Å². The average Bonchev–Trinajstić information content (AvgIpc) is 3.33. The molecule has 0 spiro atoms. The molecule has 0 aromatic heterocycles. The fraction of sp³-hybridized carbons (Fsp3) is 0.787. The number of carbonyl (C=O) groups excluding carboxylic acids is 3. The van der Waals surface area contributed by atoms with Gasteiger partial charge in [0, 0.05) is 19.3 Å². The summed E-state index contributed by atoms with van der Waals surface area (Å²) in [5, 5.41) is 0. The van der Waals surface area contributed by atoms with Gasteiger partial charge in [0.05, 0.1) is 0 Å². The molecule has 0 aromatic carbocycles. The van der Waals surface area contributed by atoms with Crippen molar-refractivity contribution in [3.8, 4) is 0 Å². The van der Waals surface area contributed by atoms with E-state index >= 15 is 0 Å². The molecule has 1 atom stereocenters. The van der Waals surface area contributed by atoms with Crippen LogP contribution in [0, 0.1) is 0 Å². The summed E-state index contributed by atoms with van der Waals surface area (Å²) < 4.78 is 16.9. The van der Waals surface area contributed by atoms with E-state index in [1.165, 1.54) is 148 Å². The van der Waals surface area contributed by atoms with Gasteiger partial charge in [-0.25, -0.2) is 0 Å². The molecule has 388 valence electrons. The zero-order chi connectivity index (χ0) is 48.6. The van der Waals surface area contributed by atoms with E-state index in [1.807, 2.05) is 0 Å². The van der Waals surface area contributed by atoms with Crippen molar-refractivity contribution in [3.63, 3.8) is 0 Å². The number of rotatable bonds is 52. The standard InChI is InChI=1S/C61H108O6/c1-4-7-10-13-16-19-22-25-28-30-33-36-39-42-45-48-51-54-60(63)66-57-58(56-65-59(62)53-50-47-44-41-38-35-32-27-24-21-18-15-12-9-6-3)67-61(64)55-52-49-46-43-40-37-34-31-29-26-23-20-17-14-11-8-5-2/h7,10,16,18-19,21,25,27-28,32,58H,4-6,8-9,11-15,17,20,22-24,26,29-31,33-57H2,1-3H3/b10-7-,19-16-,21-18-,28-25-,32-27-. The summed E-state index contributed by atoms with van der Waals surface area (Å²) in [5.41, 5.74) is 0. The summed E-state index contributed by atoms with van der Waals surface area (Å²) in [6.07, 6.45) is 69.2. The monoisotopic (exact) mass is 937 g/mol. The Morgan fingerprint density at radius 3 is 0.940 bits per heavy atom. The maximum Gasteiger partial charge on any atom is 0.306 e. The van der Waals surface area contributed by atoms with Gasteiger partial charge in [-0.05, 0) is 83.5 Å². The van der Waals surface area contributed by atoms with Gasteiger partial charge >= 0.3 is 17.9 Å². The van der Waals surface area contributed by atoms with Crippen LogP contribution >= 0.6 is 0 Å². The molecule has 0 saturated heterocycles. The molecule has 0 N–H and O–H groups in total. The molecular formula is C61H108O6. The van der Waals surface area contributed by atoms with Crippen LogP contribution in [0.4, 0.5) is 0 Å². The van der Waals surface area contributed by atoms with Gasteiger partial charge in [-0.15, -0.1) is 0 Å². The van der Waals surface area contributed by atoms with Crippen LogP contribution in [0.5, 0.6) is 0 Å². The number of carbonyl (C=O) groups is 3. The lowest BCUT2D eigenvalue weighted by Crippen LogP contribution is -2.30. The lowest BCUT2D eigenvalue weighted by Gasteiger charge is -2.18. The molecule has 0 saturated carbocycles. The highest BCUT2D eigenvalue weighted by molar-refractivity contribution is 5.71. The Kier molecular flexibility index (Phi) is 53.3. The Morgan fingerprint density at radius 1 is 0.313 bits per heavy atom. The third kappa shape index (κ3) is 53.9. The van der Waals surface area contributed by atoms with Gasteiger partial charge < -0.3 is 14.2 Å². The van der Waals surface area contributed by atoms with Crippen molar-refractivity contribution < 1.29 is 28.6 Å². The van der Waals surface area contributed by atoms with E-state index in [1.54, 1.807) is 0 Å². The Hall–Kier alpha value is -2.89. The Balaban J connectivity index is 4.39. The molecule has 67 heavy (non-hydrogen) atoms. The summed E-state index contributed by atoms with van der Waals surface area (Å²) in [6.45, 7) is 6.51. The molecular weight excluding hydrogens is 829 g/mol. The third-order valence-electron chi connectivity index (χ3n) is 12.5. The van der Waals surface area contributed by atoms with Gasteiger partial charge in [0.15, 0.2) is 6.10 Å². The number of hydrogen-bond acceptors (Lipinski definition) is 6. The smallest absolute Gasteiger partial charge is 0.306 e. The van der Waals surface area contributed by atoms with Crippen LogP contribution < -0.4 is 0 Å². The first kappa shape index (κ1) is 64.1. The zero-order valence-electron chi connectivity index (χ0n) is 44.4. The highest BCUT2D eigenvalue weighted by atomic mass is 16.6. The van der Waals surface area contributed by atoms with Crippen molar-refractivity contribution in [2.75, 3.05) is 13.2 Å². The van der Waals surface area contributed by atoms with Crippen molar-refractivity contribution in [1.82, 2.24) is 0 Å². The lowest BCUT2D eigenvalue weighted by molar-refractivity contribution is -0.167. The first-order valence-corrected chi connectivity index (χ1v) is 28.8. The highest BCUT2D eigenvalue weighted by Gasteiger charge is 2.19. The second-order valence-corrected chi connectivity index (χ2v) is 19.2. The predicted molar refractivity (Wildman–Crippen MR) is 288 cm³/mol. The van der Waals surface area contributed by atoms with Gasteiger partial charge in [-0.1, -0.05) is 248 Å². The van der Waals surface area contributed by atoms with Crippen LogP contribution in [0.15, 0.2) is 60.8 Å². The molecule has 0 rings (SSSR count). The van der Waals surface area contributed by atoms with E-state index in [-0.39, 0.29) is 31.1 Å². The van der Waals surface area contributed by atoms with Gasteiger partial charge in [0.2, 0.25) is 0 Å². The van der Waals surface area contributed by atoms with E-state index < -0.39 is 6.10 Å². The maximum atomic E-state index is 12.9. The van der Waals surface area contributed by atoms with E-state index in [2.05, 4.69) is 81.5 Å². The van der Waals surface area contributed by atoms with Gasteiger partial charge in [0.25, 0.3) is 0 Å². The second-order valence-electron chi connectivity index (χ2n) is 19.2. The first-order chi connectivity index (χ1) is 33.0. The van der Waals surface area contributed by atoms with Gasteiger partial charge in [-0.2, -0.15) is 0 Å². The average molecular weight is 938 g/mol. The first-order valence-electron chi connectivity index (χ1n) is 28.8. The topological polar surface area (TPSA) is 78.9 Å². The largest absolute Gasteiger partial charge is 0.462 e. The molecule has 0 aliphatic carbocycles. The van der Waals surface area contributed by atoms with E-state index in [4.69, 9.17) is 14.2 Å². The fourth-order valence-electron chi connectivity index (χ4n) is 8.19. The second kappa shape index (κ2) is 55.7. The Morgan fingerprint density at radius 2 is 0.582 bits per heavy atom. The van der Waals surface area contributed by atoms with E-state index in [9.17, 15) is 14.4 Å². The fourth-order valence-corrected chi connectivity index (χ4v) is 8.19. The van der Waals surface area contributed by atoms with Crippen LogP contribution in [-0.2, 0) is 28.6 Å². The highest BCUT2D eigenvalue weighted by Crippen LogP contribution is 2.16. The molecule has 0 amide bonds. The van der Waals surface area contributed by atoms with Crippen molar-refractivity contribution in [1.29, 1.82) is 0 Å². The molecule has 0 radical (unpaired) electrons. The Labute approximate surface area is 415 Å². The summed E-state index contributed by atoms with van der Waals surface area (Å²) >= 11 is 0. The minimum absolute atomic E-state index is 0.0817. The number of ether oxygens (including phenoxy) is 3.